The van der Waals surface area contributed by atoms with Gasteiger partial charge in [0.2, 0.25) is 5.79 Å². The molecule has 3 heteroatoms. The Labute approximate surface area is 83.0 Å². The van der Waals surface area contributed by atoms with Crippen LogP contribution >= 0.6 is 0 Å². The van der Waals surface area contributed by atoms with Crippen molar-refractivity contribution < 1.29 is 9.47 Å². The lowest BCUT2D eigenvalue weighted by atomic mass is 10.1. The first kappa shape index (κ1) is 8.41. The van der Waals surface area contributed by atoms with Crippen LogP contribution < -0.4 is 5.32 Å². The zero-order valence-electron chi connectivity index (χ0n) is 7.90. The van der Waals surface area contributed by atoms with Crippen LogP contribution in [0, 0.1) is 0 Å². The molecule has 2 fully saturated rings. The van der Waals surface area contributed by atoms with Gasteiger partial charge in [-0.1, -0.05) is 30.3 Å². The predicted molar refractivity (Wildman–Crippen MR) is 51.8 cm³/mol. The maximum absolute atomic E-state index is 5.89. The van der Waals surface area contributed by atoms with Crippen LogP contribution in [0.4, 0.5) is 0 Å². The Morgan fingerprint density at radius 2 is 2.14 bits per heavy atom. The molecule has 0 aliphatic carbocycles. The minimum Gasteiger partial charge on any atom is -0.342 e. The molecule has 0 radical (unpaired) electrons. The fourth-order valence-corrected chi connectivity index (χ4v) is 2.10. The molecule has 2 bridgehead atoms. The van der Waals surface area contributed by atoms with Gasteiger partial charge in [0, 0.05) is 12.1 Å². The highest BCUT2D eigenvalue weighted by atomic mass is 16.7. The third-order valence-electron chi connectivity index (χ3n) is 2.80. The molecule has 1 N–H and O–H groups in total. The monoisotopic (exact) mass is 191 g/mol. The summed E-state index contributed by atoms with van der Waals surface area (Å²) in [7, 11) is 0. The van der Waals surface area contributed by atoms with E-state index in [-0.39, 0.29) is 6.10 Å². The average molecular weight is 191 g/mol. The van der Waals surface area contributed by atoms with Crippen molar-refractivity contribution in [3.8, 4) is 0 Å². The van der Waals surface area contributed by atoms with Crippen LogP contribution in [-0.2, 0) is 15.3 Å². The van der Waals surface area contributed by atoms with E-state index in [1.807, 2.05) is 18.2 Å². The molecule has 2 unspecified atom stereocenters. The lowest BCUT2D eigenvalue weighted by Crippen LogP contribution is -2.46. The number of hydrogen-bond acceptors (Lipinski definition) is 3. The molecule has 2 aliphatic rings. The highest BCUT2D eigenvalue weighted by Gasteiger charge is 2.45. The molecule has 0 saturated carbocycles. The molecular formula is C11H13NO2. The van der Waals surface area contributed by atoms with E-state index in [4.69, 9.17) is 9.47 Å². The maximum atomic E-state index is 5.89. The van der Waals surface area contributed by atoms with Gasteiger partial charge in [-0.3, -0.25) is 0 Å². The Morgan fingerprint density at radius 1 is 1.29 bits per heavy atom. The molecule has 14 heavy (non-hydrogen) atoms. The molecule has 1 aromatic rings. The zero-order chi connectivity index (χ0) is 9.43. The molecule has 3 nitrogen and oxygen atoms in total. The van der Waals surface area contributed by atoms with Crippen LogP contribution in [0.3, 0.4) is 0 Å². The lowest BCUT2D eigenvalue weighted by molar-refractivity contribution is -0.186. The van der Waals surface area contributed by atoms with Crippen molar-refractivity contribution in [2.24, 2.45) is 0 Å². The second kappa shape index (κ2) is 3.05. The van der Waals surface area contributed by atoms with Gasteiger partial charge in [-0.25, -0.2) is 0 Å². The smallest absolute Gasteiger partial charge is 0.208 e. The first-order valence-electron chi connectivity index (χ1n) is 4.97. The fourth-order valence-electron chi connectivity index (χ4n) is 2.10. The van der Waals surface area contributed by atoms with Gasteiger partial charge in [0.05, 0.1) is 19.3 Å². The van der Waals surface area contributed by atoms with Gasteiger partial charge in [0.25, 0.3) is 0 Å². The Balaban J connectivity index is 1.97. The fraction of sp³-hybridized carbons (Fsp3) is 0.455. The highest BCUT2D eigenvalue weighted by molar-refractivity contribution is 5.22. The second-order valence-corrected chi connectivity index (χ2v) is 3.80. The summed E-state index contributed by atoms with van der Waals surface area (Å²) in [6, 6.07) is 10.1. The van der Waals surface area contributed by atoms with Gasteiger partial charge in [-0.2, -0.15) is 0 Å². The van der Waals surface area contributed by atoms with Crippen LogP contribution in [0.15, 0.2) is 30.3 Å². The summed E-state index contributed by atoms with van der Waals surface area (Å²) < 4.78 is 11.7. The zero-order valence-corrected chi connectivity index (χ0v) is 7.90. The van der Waals surface area contributed by atoms with E-state index in [2.05, 4.69) is 17.4 Å². The predicted octanol–water partition coefficient (Wildman–Crippen LogP) is 0.858. The molecule has 0 spiro atoms. The van der Waals surface area contributed by atoms with Crippen molar-refractivity contribution >= 4 is 0 Å². The van der Waals surface area contributed by atoms with Crippen molar-refractivity contribution in [3.63, 3.8) is 0 Å². The standard InChI is InChI=1S/C11H13NO2/c1-2-4-9(5-3-1)11-8-12-6-10(14-11)7-13-11/h1-5,10,12H,6-8H2. The minimum absolute atomic E-state index is 0.212. The third kappa shape index (κ3) is 1.17. The van der Waals surface area contributed by atoms with Crippen LogP contribution in [0.25, 0.3) is 0 Å². The molecule has 0 amide bonds. The normalized spacial score (nSPS) is 35.9. The van der Waals surface area contributed by atoms with Crippen molar-refractivity contribution in [1.82, 2.24) is 5.32 Å². The van der Waals surface area contributed by atoms with Gasteiger partial charge >= 0.3 is 0 Å². The second-order valence-electron chi connectivity index (χ2n) is 3.80. The summed E-state index contributed by atoms with van der Waals surface area (Å²) in [5.41, 5.74) is 1.11. The minimum atomic E-state index is -0.524. The number of fused-ring (bicyclic) bond motifs is 2. The van der Waals surface area contributed by atoms with Crippen molar-refractivity contribution in [1.29, 1.82) is 0 Å². The molecule has 1 aromatic carbocycles. The number of hydrogen-bond donors (Lipinski definition) is 1. The number of nitrogens with one attached hydrogen (secondary N) is 1. The van der Waals surface area contributed by atoms with E-state index in [1.54, 1.807) is 0 Å². The first-order chi connectivity index (χ1) is 6.89. The summed E-state index contributed by atoms with van der Waals surface area (Å²) >= 11 is 0. The largest absolute Gasteiger partial charge is 0.342 e. The molecule has 2 heterocycles. The Morgan fingerprint density at radius 3 is 3.00 bits per heavy atom. The van der Waals surface area contributed by atoms with Gasteiger partial charge < -0.3 is 14.8 Å². The summed E-state index contributed by atoms with van der Waals surface area (Å²) in [6.07, 6.45) is 0.212. The lowest BCUT2D eigenvalue weighted by Gasteiger charge is -2.32. The molecule has 74 valence electrons. The Hall–Kier alpha value is -0.900. The summed E-state index contributed by atoms with van der Waals surface area (Å²) in [4.78, 5) is 0. The van der Waals surface area contributed by atoms with Gasteiger partial charge in [0.15, 0.2) is 0 Å². The van der Waals surface area contributed by atoms with Crippen LogP contribution in [0.2, 0.25) is 0 Å². The van der Waals surface area contributed by atoms with Gasteiger partial charge in [-0.15, -0.1) is 0 Å². The summed E-state index contributed by atoms with van der Waals surface area (Å²) in [5, 5.41) is 3.34. The molecule has 0 aromatic heterocycles. The Bertz CT molecular complexity index is 323. The number of benzene rings is 1. The molecule has 2 saturated heterocycles. The van der Waals surface area contributed by atoms with E-state index in [9.17, 15) is 0 Å². The molecular weight excluding hydrogens is 178 g/mol. The number of morpholine rings is 1. The van der Waals surface area contributed by atoms with E-state index in [0.717, 1.165) is 18.7 Å². The van der Waals surface area contributed by atoms with Crippen molar-refractivity contribution in [2.45, 2.75) is 11.9 Å². The van der Waals surface area contributed by atoms with Crippen LogP contribution in [-0.4, -0.2) is 25.8 Å². The highest BCUT2D eigenvalue weighted by Crippen LogP contribution is 2.35. The molecule has 2 atom stereocenters. The van der Waals surface area contributed by atoms with Crippen LogP contribution in [0.1, 0.15) is 5.56 Å². The molecule has 2 aliphatic heterocycles. The van der Waals surface area contributed by atoms with Crippen molar-refractivity contribution in [2.75, 3.05) is 19.7 Å². The Kier molecular flexibility index (Phi) is 1.83. The number of ether oxygens (including phenoxy) is 2. The van der Waals surface area contributed by atoms with Crippen LogP contribution in [0.5, 0.6) is 0 Å². The maximum Gasteiger partial charge on any atom is 0.208 e. The van der Waals surface area contributed by atoms with E-state index in [0.29, 0.717) is 6.61 Å². The van der Waals surface area contributed by atoms with E-state index < -0.39 is 5.79 Å². The molecule has 3 rings (SSSR count). The van der Waals surface area contributed by atoms with E-state index >= 15 is 0 Å². The summed E-state index contributed by atoms with van der Waals surface area (Å²) in [5.74, 6) is -0.524. The quantitative estimate of drug-likeness (QED) is 0.714. The van der Waals surface area contributed by atoms with E-state index in [1.165, 1.54) is 0 Å². The topological polar surface area (TPSA) is 30.5 Å². The SMILES string of the molecule is c1ccc(C23CNCC(CO2)O3)cc1. The average Bonchev–Trinajstić information content (AvgIpc) is 2.57. The number of rotatable bonds is 1. The van der Waals surface area contributed by atoms with Gasteiger partial charge in [-0.05, 0) is 0 Å². The van der Waals surface area contributed by atoms with Gasteiger partial charge in [0.1, 0.15) is 0 Å². The first-order valence-corrected chi connectivity index (χ1v) is 4.97. The third-order valence-corrected chi connectivity index (χ3v) is 2.80. The summed E-state index contributed by atoms with van der Waals surface area (Å²) in [6.45, 7) is 2.34. The van der Waals surface area contributed by atoms with Crippen molar-refractivity contribution in [3.05, 3.63) is 35.9 Å².